The first kappa shape index (κ1) is 17.6. The van der Waals surface area contributed by atoms with E-state index in [2.05, 4.69) is 37.7 Å². The Labute approximate surface area is 127 Å². The van der Waals surface area contributed by atoms with Crippen LogP contribution in [0.5, 0.6) is 0 Å². The Morgan fingerprint density at radius 1 is 1.25 bits per heavy atom. The molecule has 4 nitrogen and oxygen atoms in total. The summed E-state index contributed by atoms with van der Waals surface area (Å²) in [6, 6.07) is 2.15. The highest BCUT2D eigenvalue weighted by Gasteiger charge is 2.18. The van der Waals surface area contributed by atoms with Crippen LogP contribution in [0.25, 0.3) is 0 Å². The normalized spacial score (nSPS) is 12.5. The Bertz CT molecular complexity index is 491. The predicted octanol–water partition coefficient (Wildman–Crippen LogP) is 2.96. The van der Waals surface area contributed by atoms with Crippen molar-refractivity contribution in [2.24, 2.45) is 5.92 Å². The Hall–Kier alpha value is -0.430. The van der Waals surface area contributed by atoms with E-state index in [1.807, 2.05) is 5.38 Å². The zero-order chi connectivity index (χ0) is 15.2. The van der Waals surface area contributed by atoms with Gasteiger partial charge in [0.1, 0.15) is 4.21 Å². The summed E-state index contributed by atoms with van der Waals surface area (Å²) in [5.74, 6) is 0.409. The van der Waals surface area contributed by atoms with Crippen LogP contribution >= 0.6 is 11.3 Å². The first-order valence-corrected chi connectivity index (χ1v) is 9.55. The fraction of sp³-hybridized carbons (Fsp3) is 0.714. The van der Waals surface area contributed by atoms with Crippen LogP contribution in [0.3, 0.4) is 0 Å². The quantitative estimate of drug-likeness (QED) is 0.736. The second-order valence-electron chi connectivity index (χ2n) is 5.34. The molecule has 0 fully saturated rings. The molecule has 0 aliphatic rings. The van der Waals surface area contributed by atoms with Gasteiger partial charge in [0.25, 0.3) is 0 Å². The molecule has 0 aliphatic carbocycles. The van der Waals surface area contributed by atoms with Gasteiger partial charge in [-0.1, -0.05) is 40.5 Å². The smallest absolute Gasteiger partial charge is 0.250 e. The molecule has 1 heterocycles. The van der Waals surface area contributed by atoms with Crippen molar-refractivity contribution in [2.75, 3.05) is 6.54 Å². The van der Waals surface area contributed by atoms with Crippen molar-refractivity contribution in [3.8, 4) is 0 Å². The van der Waals surface area contributed by atoms with E-state index in [1.54, 1.807) is 6.07 Å². The molecule has 6 heteroatoms. The van der Waals surface area contributed by atoms with E-state index >= 15 is 0 Å². The molecule has 0 saturated carbocycles. The minimum absolute atomic E-state index is 0.392. The van der Waals surface area contributed by atoms with Crippen molar-refractivity contribution >= 4 is 21.4 Å². The van der Waals surface area contributed by atoms with E-state index in [1.165, 1.54) is 11.3 Å². The summed E-state index contributed by atoms with van der Waals surface area (Å²) in [6.07, 6.45) is 1.99. The summed E-state index contributed by atoms with van der Waals surface area (Å²) in [5, 5.41) is 5.19. The van der Waals surface area contributed by atoms with Crippen molar-refractivity contribution in [1.82, 2.24) is 10.0 Å². The molecule has 2 N–H and O–H groups in total. The predicted molar refractivity (Wildman–Crippen MR) is 85.6 cm³/mol. The van der Waals surface area contributed by atoms with E-state index in [-0.39, 0.29) is 0 Å². The fourth-order valence-corrected chi connectivity index (χ4v) is 4.15. The lowest BCUT2D eigenvalue weighted by atomic mass is 10.0. The third-order valence-electron chi connectivity index (χ3n) is 3.33. The van der Waals surface area contributed by atoms with Gasteiger partial charge in [-0.15, -0.1) is 11.3 Å². The minimum atomic E-state index is -3.35. The molecule has 116 valence electrons. The highest BCUT2D eigenvalue weighted by Crippen LogP contribution is 2.20. The maximum absolute atomic E-state index is 12.2. The number of rotatable bonds is 9. The van der Waals surface area contributed by atoms with Gasteiger partial charge in [-0.3, -0.25) is 0 Å². The first-order chi connectivity index (χ1) is 9.39. The molecule has 1 aromatic heterocycles. The second-order valence-corrected chi connectivity index (χ2v) is 8.25. The molecule has 0 spiro atoms. The average Bonchev–Trinajstić information content (AvgIpc) is 2.87. The van der Waals surface area contributed by atoms with Gasteiger partial charge < -0.3 is 5.32 Å². The van der Waals surface area contributed by atoms with Crippen molar-refractivity contribution in [2.45, 2.75) is 57.3 Å². The third-order valence-corrected chi connectivity index (χ3v) is 6.24. The molecule has 0 atom stereocenters. The lowest BCUT2D eigenvalue weighted by Crippen LogP contribution is -2.28. The molecule has 0 aromatic carbocycles. The standard InChI is InChI=1S/C14H26N2O2S2/c1-5-12(6-2)9-16-20(17,18)14-7-13(10-19-14)8-15-11(3)4/h7,10-12,15-16H,5-6,8-9H2,1-4H3. The van der Waals surface area contributed by atoms with E-state index in [9.17, 15) is 8.42 Å². The SMILES string of the molecule is CCC(CC)CNS(=O)(=O)c1cc(CNC(C)C)cs1. The first-order valence-electron chi connectivity index (χ1n) is 7.19. The highest BCUT2D eigenvalue weighted by atomic mass is 32.2. The molecule has 0 amide bonds. The van der Waals surface area contributed by atoms with E-state index in [0.29, 0.717) is 29.3 Å². The maximum atomic E-state index is 12.2. The van der Waals surface area contributed by atoms with Crippen LogP contribution in [0.15, 0.2) is 15.7 Å². The molecule has 0 radical (unpaired) electrons. The zero-order valence-electron chi connectivity index (χ0n) is 12.8. The van der Waals surface area contributed by atoms with Gasteiger partial charge >= 0.3 is 0 Å². The fourth-order valence-electron chi connectivity index (χ4n) is 1.78. The summed E-state index contributed by atoms with van der Waals surface area (Å²) in [7, 11) is -3.35. The lowest BCUT2D eigenvalue weighted by Gasteiger charge is -2.12. The third kappa shape index (κ3) is 5.52. The highest BCUT2D eigenvalue weighted by molar-refractivity contribution is 7.91. The van der Waals surface area contributed by atoms with Crippen LogP contribution in [0.2, 0.25) is 0 Å². The Balaban J connectivity index is 2.63. The Kier molecular flexibility index (Phi) is 7.15. The second kappa shape index (κ2) is 8.12. The van der Waals surface area contributed by atoms with Gasteiger partial charge in [-0.2, -0.15) is 0 Å². The topological polar surface area (TPSA) is 58.2 Å². The van der Waals surface area contributed by atoms with Crippen LogP contribution in [0.4, 0.5) is 0 Å². The van der Waals surface area contributed by atoms with Gasteiger partial charge in [0, 0.05) is 19.1 Å². The molecular weight excluding hydrogens is 292 g/mol. The molecule has 0 bridgehead atoms. The van der Waals surface area contributed by atoms with Gasteiger partial charge in [-0.25, -0.2) is 13.1 Å². The van der Waals surface area contributed by atoms with Crippen molar-refractivity contribution in [1.29, 1.82) is 0 Å². The number of thiophene rings is 1. The van der Waals surface area contributed by atoms with Gasteiger partial charge in [0.15, 0.2) is 0 Å². The molecular formula is C14H26N2O2S2. The van der Waals surface area contributed by atoms with Crippen LogP contribution in [-0.2, 0) is 16.6 Å². The maximum Gasteiger partial charge on any atom is 0.250 e. The van der Waals surface area contributed by atoms with Gasteiger partial charge in [0.05, 0.1) is 0 Å². The van der Waals surface area contributed by atoms with Crippen molar-refractivity contribution in [3.63, 3.8) is 0 Å². The number of sulfonamides is 1. The summed E-state index contributed by atoms with van der Waals surface area (Å²) in [4.78, 5) is 0. The van der Waals surface area contributed by atoms with Crippen LogP contribution in [-0.4, -0.2) is 21.0 Å². The molecule has 20 heavy (non-hydrogen) atoms. The molecule has 0 unspecified atom stereocenters. The van der Waals surface area contributed by atoms with Gasteiger partial charge in [0.2, 0.25) is 10.0 Å². The minimum Gasteiger partial charge on any atom is -0.310 e. The monoisotopic (exact) mass is 318 g/mol. The van der Waals surface area contributed by atoms with Crippen molar-refractivity contribution in [3.05, 3.63) is 17.0 Å². The zero-order valence-corrected chi connectivity index (χ0v) is 14.4. The Morgan fingerprint density at radius 2 is 1.90 bits per heavy atom. The summed E-state index contributed by atoms with van der Waals surface area (Å²) in [6.45, 7) is 9.54. The largest absolute Gasteiger partial charge is 0.310 e. The van der Waals surface area contributed by atoms with Gasteiger partial charge in [-0.05, 0) is 22.9 Å². The summed E-state index contributed by atoms with van der Waals surface area (Å²) in [5.41, 5.74) is 1.02. The van der Waals surface area contributed by atoms with Crippen LogP contribution < -0.4 is 10.0 Å². The molecule has 1 aromatic rings. The number of hydrogen-bond acceptors (Lipinski definition) is 4. The average molecular weight is 319 g/mol. The van der Waals surface area contributed by atoms with Crippen molar-refractivity contribution < 1.29 is 8.42 Å². The van der Waals surface area contributed by atoms with E-state index < -0.39 is 10.0 Å². The summed E-state index contributed by atoms with van der Waals surface area (Å²) >= 11 is 1.28. The van der Waals surface area contributed by atoms with E-state index in [0.717, 1.165) is 18.4 Å². The number of hydrogen-bond donors (Lipinski definition) is 2. The Morgan fingerprint density at radius 3 is 2.45 bits per heavy atom. The molecule has 0 saturated heterocycles. The summed E-state index contributed by atoms with van der Waals surface area (Å²) < 4.78 is 27.5. The lowest BCUT2D eigenvalue weighted by molar-refractivity contribution is 0.479. The van der Waals surface area contributed by atoms with Crippen LogP contribution in [0.1, 0.15) is 46.1 Å². The van der Waals surface area contributed by atoms with E-state index in [4.69, 9.17) is 0 Å². The molecule has 1 rings (SSSR count). The van der Waals surface area contributed by atoms with Crippen LogP contribution in [0, 0.1) is 5.92 Å². The molecule has 0 aliphatic heterocycles. The number of nitrogens with one attached hydrogen (secondary N) is 2.